The van der Waals surface area contributed by atoms with Crippen LogP contribution < -0.4 is 0 Å². The maximum absolute atomic E-state index is 13.5. The summed E-state index contributed by atoms with van der Waals surface area (Å²) in [4.78, 5) is 11.2. The average molecular weight is 280 g/mol. The number of halogens is 2. The molecule has 2 rings (SSSR count). The molecule has 0 amide bonds. The Labute approximate surface area is 113 Å². The van der Waals surface area contributed by atoms with Gasteiger partial charge in [-0.05, 0) is 23.8 Å². The largest absolute Gasteiger partial charge is 0.480 e. The minimum atomic E-state index is -1.10. The summed E-state index contributed by atoms with van der Waals surface area (Å²) in [6.45, 7) is 0. The van der Waals surface area contributed by atoms with Crippen molar-refractivity contribution in [1.29, 1.82) is 0 Å². The van der Waals surface area contributed by atoms with Gasteiger partial charge in [-0.15, -0.1) is 11.8 Å². The number of rotatable bonds is 4. The molecular formula is C14H10F2O2S. The molecule has 5 heteroatoms. The molecule has 0 heterocycles. The normalized spacial score (nSPS) is 12.1. The first-order chi connectivity index (χ1) is 9.08. The van der Waals surface area contributed by atoms with Gasteiger partial charge in [-0.1, -0.05) is 30.3 Å². The van der Waals surface area contributed by atoms with Gasteiger partial charge in [0.15, 0.2) is 0 Å². The van der Waals surface area contributed by atoms with Crippen LogP contribution in [0.15, 0.2) is 53.4 Å². The van der Waals surface area contributed by atoms with E-state index in [-0.39, 0.29) is 4.90 Å². The summed E-state index contributed by atoms with van der Waals surface area (Å²) in [5.41, 5.74) is 0.531. The van der Waals surface area contributed by atoms with Gasteiger partial charge in [0.2, 0.25) is 0 Å². The third-order valence-corrected chi connectivity index (χ3v) is 3.74. The lowest BCUT2D eigenvalue weighted by Crippen LogP contribution is -2.08. The summed E-state index contributed by atoms with van der Waals surface area (Å²) < 4.78 is 26.6. The van der Waals surface area contributed by atoms with E-state index in [4.69, 9.17) is 0 Å². The van der Waals surface area contributed by atoms with Gasteiger partial charge in [0.05, 0.1) is 0 Å². The fourth-order valence-corrected chi connectivity index (χ4v) is 2.59. The van der Waals surface area contributed by atoms with Crippen molar-refractivity contribution in [3.05, 3.63) is 65.7 Å². The highest BCUT2D eigenvalue weighted by Crippen LogP contribution is 2.36. The van der Waals surface area contributed by atoms with Crippen molar-refractivity contribution in [2.75, 3.05) is 0 Å². The number of thioether (sulfide) groups is 1. The zero-order valence-corrected chi connectivity index (χ0v) is 10.5. The van der Waals surface area contributed by atoms with E-state index in [0.29, 0.717) is 5.56 Å². The molecule has 0 aliphatic carbocycles. The predicted molar refractivity (Wildman–Crippen MR) is 69.0 cm³/mol. The molecule has 2 nitrogen and oxygen atoms in total. The van der Waals surface area contributed by atoms with Gasteiger partial charge in [-0.25, -0.2) is 8.78 Å². The van der Waals surface area contributed by atoms with Crippen LogP contribution in [-0.2, 0) is 4.79 Å². The van der Waals surface area contributed by atoms with Crippen LogP contribution in [0.2, 0.25) is 0 Å². The lowest BCUT2D eigenvalue weighted by molar-refractivity contribution is -0.136. The van der Waals surface area contributed by atoms with E-state index in [1.54, 1.807) is 30.3 Å². The Morgan fingerprint density at radius 2 is 1.79 bits per heavy atom. The molecule has 0 aliphatic rings. The topological polar surface area (TPSA) is 37.3 Å². The van der Waals surface area contributed by atoms with Crippen molar-refractivity contribution in [2.24, 2.45) is 0 Å². The Balaban J connectivity index is 2.32. The molecule has 1 N–H and O–H groups in total. The summed E-state index contributed by atoms with van der Waals surface area (Å²) in [5, 5.41) is 8.24. The van der Waals surface area contributed by atoms with Crippen molar-refractivity contribution < 1.29 is 18.7 Å². The van der Waals surface area contributed by atoms with Crippen LogP contribution in [0.25, 0.3) is 0 Å². The van der Waals surface area contributed by atoms with Gasteiger partial charge < -0.3 is 5.11 Å². The van der Waals surface area contributed by atoms with E-state index in [2.05, 4.69) is 0 Å². The molecule has 0 unspecified atom stereocenters. The third kappa shape index (κ3) is 3.32. The van der Waals surface area contributed by atoms with E-state index >= 15 is 0 Å². The molecule has 0 saturated heterocycles. The fourth-order valence-electron chi connectivity index (χ4n) is 1.58. The maximum atomic E-state index is 13.5. The zero-order chi connectivity index (χ0) is 13.8. The van der Waals surface area contributed by atoms with Crippen LogP contribution in [0.4, 0.5) is 8.78 Å². The Bertz CT molecular complexity index is 587. The zero-order valence-electron chi connectivity index (χ0n) is 9.72. The highest BCUT2D eigenvalue weighted by Gasteiger charge is 2.22. The minimum Gasteiger partial charge on any atom is -0.480 e. The highest BCUT2D eigenvalue weighted by atomic mass is 32.2. The van der Waals surface area contributed by atoms with Crippen LogP contribution in [0.3, 0.4) is 0 Å². The monoisotopic (exact) mass is 280 g/mol. The number of carboxylic acids is 1. The van der Waals surface area contributed by atoms with Gasteiger partial charge in [-0.2, -0.15) is 0 Å². The minimum absolute atomic E-state index is 0.0174. The van der Waals surface area contributed by atoms with Gasteiger partial charge >= 0.3 is 5.97 Å². The lowest BCUT2D eigenvalue weighted by Gasteiger charge is -2.12. The standard InChI is InChI=1S/C14H10F2O2S/c15-10-6-7-11(16)12(8-10)19-13(14(17)18)9-4-2-1-3-5-9/h1-8,13H,(H,17,18)/t13-/m1/s1. The van der Waals surface area contributed by atoms with E-state index < -0.39 is 22.9 Å². The van der Waals surface area contributed by atoms with Crippen molar-refractivity contribution in [3.63, 3.8) is 0 Å². The highest BCUT2D eigenvalue weighted by molar-refractivity contribution is 8.00. The van der Waals surface area contributed by atoms with Crippen molar-refractivity contribution in [2.45, 2.75) is 10.1 Å². The Morgan fingerprint density at radius 1 is 1.11 bits per heavy atom. The van der Waals surface area contributed by atoms with E-state index in [0.717, 1.165) is 30.0 Å². The third-order valence-electron chi connectivity index (χ3n) is 2.46. The molecule has 2 aromatic rings. The molecule has 98 valence electrons. The fraction of sp³-hybridized carbons (Fsp3) is 0.0714. The Kier molecular flexibility index (Phi) is 4.16. The Morgan fingerprint density at radius 3 is 2.42 bits per heavy atom. The van der Waals surface area contributed by atoms with Gasteiger partial charge in [-0.3, -0.25) is 4.79 Å². The molecule has 0 spiro atoms. The molecule has 0 aliphatic heterocycles. The average Bonchev–Trinajstić information content (AvgIpc) is 2.40. The molecule has 0 saturated carbocycles. The first kappa shape index (κ1) is 13.5. The van der Waals surface area contributed by atoms with Crippen LogP contribution in [-0.4, -0.2) is 11.1 Å². The number of hydrogen-bond acceptors (Lipinski definition) is 2. The number of hydrogen-bond donors (Lipinski definition) is 1. The quantitative estimate of drug-likeness (QED) is 0.863. The molecule has 0 fully saturated rings. The van der Waals surface area contributed by atoms with E-state index in [9.17, 15) is 18.7 Å². The number of benzene rings is 2. The Hall–Kier alpha value is -1.88. The van der Waals surface area contributed by atoms with Crippen LogP contribution >= 0.6 is 11.8 Å². The summed E-state index contributed by atoms with van der Waals surface area (Å²) in [6.07, 6.45) is 0. The van der Waals surface area contributed by atoms with Crippen LogP contribution in [0.5, 0.6) is 0 Å². The predicted octanol–water partition coefficient (Wildman–Crippen LogP) is 3.88. The molecule has 2 aromatic carbocycles. The molecule has 19 heavy (non-hydrogen) atoms. The van der Waals surface area contributed by atoms with Crippen molar-refractivity contribution >= 4 is 17.7 Å². The first-order valence-electron chi connectivity index (χ1n) is 5.47. The summed E-state index contributed by atoms with van der Waals surface area (Å²) in [6, 6.07) is 11.4. The number of carbonyl (C=O) groups is 1. The smallest absolute Gasteiger partial charge is 0.321 e. The van der Waals surface area contributed by atoms with Crippen molar-refractivity contribution in [3.8, 4) is 0 Å². The van der Waals surface area contributed by atoms with Gasteiger partial charge in [0.25, 0.3) is 0 Å². The first-order valence-corrected chi connectivity index (χ1v) is 6.35. The lowest BCUT2D eigenvalue weighted by atomic mass is 10.1. The second-order valence-corrected chi connectivity index (χ2v) is 4.97. The SMILES string of the molecule is O=C(O)[C@H](Sc1cc(F)ccc1F)c1ccccc1. The molecule has 0 radical (unpaired) electrons. The molecule has 0 bridgehead atoms. The van der Waals surface area contributed by atoms with Crippen LogP contribution in [0, 0.1) is 11.6 Å². The van der Waals surface area contributed by atoms with Crippen molar-refractivity contribution in [1.82, 2.24) is 0 Å². The molecular weight excluding hydrogens is 270 g/mol. The maximum Gasteiger partial charge on any atom is 0.321 e. The molecule has 1 atom stereocenters. The summed E-state index contributed by atoms with van der Waals surface area (Å²) >= 11 is 0.776. The summed E-state index contributed by atoms with van der Waals surface area (Å²) in [5.74, 6) is -2.32. The molecule has 0 aromatic heterocycles. The second-order valence-electron chi connectivity index (χ2n) is 3.82. The van der Waals surface area contributed by atoms with E-state index in [1.165, 1.54) is 0 Å². The van der Waals surface area contributed by atoms with Crippen LogP contribution in [0.1, 0.15) is 10.8 Å². The van der Waals surface area contributed by atoms with Gasteiger partial charge in [0, 0.05) is 4.90 Å². The van der Waals surface area contributed by atoms with E-state index in [1.807, 2.05) is 0 Å². The number of carboxylic acid groups (broad SMARTS) is 1. The number of aliphatic carboxylic acids is 1. The second kappa shape index (κ2) is 5.84. The summed E-state index contributed by atoms with van der Waals surface area (Å²) in [7, 11) is 0. The van der Waals surface area contributed by atoms with Gasteiger partial charge in [0.1, 0.15) is 16.9 Å².